The average molecular weight is 505 g/mol. The Bertz CT molecular complexity index is 2550. The van der Waals surface area contributed by atoms with Crippen LogP contribution in [-0.2, 0) is 0 Å². The normalized spacial score (nSPS) is 14.5. The van der Waals surface area contributed by atoms with Gasteiger partial charge in [-0.2, -0.15) is 0 Å². The van der Waals surface area contributed by atoms with Gasteiger partial charge in [0.1, 0.15) is 11.2 Å². The molecule has 0 saturated heterocycles. The fourth-order valence-electron chi connectivity index (χ4n) is 5.75. The van der Waals surface area contributed by atoms with Crippen LogP contribution in [0.5, 0.6) is 0 Å². The van der Waals surface area contributed by atoms with Gasteiger partial charge in [0, 0.05) is 10.8 Å². The summed E-state index contributed by atoms with van der Waals surface area (Å²) in [5, 5.41) is 3.63. The Morgan fingerprint density at radius 1 is 0.410 bits per heavy atom. The first-order chi connectivity index (χ1) is 22.7. The molecular formula is C38H24O. The van der Waals surface area contributed by atoms with E-state index < -0.39 is 12.1 Å². The van der Waals surface area contributed by atoms with Crippen molar-refractivity contribution in [2.75, 3.05) is 0 Å². The maximum absolute atomic E-state index is 9.27. The molecule has 0 N–H and O–H groups in total. The van der Waals surface area contributed by atoms with E-state index in [-0.39, 0.29) is 57.7 Å². The molecule has 0 aliphatic carbocycles. The van der Waals surface area contributed by atoms with E-state index >= 15 is 0 Å². The van der Waals surface area contributed by atoms with E-state index in [2.05, 4.69) is 12.1 Å². The van der Waals surface area contributed by atoms with Crippen molar-refractivity contribution in [2.45, 2.75) is 0 Å². The van der Waals surface area contributed by atoms with Crippen molar-refractivity contribution in [3.05, 3.63) is 145 Å². The van der Waals surface area contributed by atoms with E-state index in [0.29, 0.717) is 11.6 Å². The van der Waals surface area contributed by atoms with Gasteiger partial charge in [0.15, 0.2) is 0 Å². The number of furan rings is 1. The molecule has 0 amide bonds. The van der Waals surface area contributed by atoms with Crippen LogP contribution in [0.15, 0.2) is 150 Å². The monoisotopic (exact) mass is 504 g/mol. The van der Waals surface area contributed by atoms with Gasteiger partial charge < -0.3 is 4.42 Å². The molecule has 1 nitrogen and oxygen atoms in total. The maximum atomic E-state index is 9.27. The van der Waals surface area contributed by atoms with Gasteiger partial charge in [-0.1, -0.05) is 133 Å². The molecule has 1 heterocycles. The number of para-hydroxylation sites is 1. The molecule has 1 heteroatoms. The minimum atomic E-state index is -0.455. The van der Waals surface area contributed by atoms with Gasteiger partial charge in [-0.3, -0.25) is 0 Å². The van der Waals surface area contributed by atoms with Crippen molar-refractivity contribution in [3.63, 3.8) is 0 Å². The second-order valence-corrected chi connectivity index (χ2v) is 9.44. The SMILES string of the molecule is [2H]c1ccc(-c2ccccc2-c2c3ccccc3c(-c3c([2H])c([2H])c([2H])c4oc5c([2H])c([2H])c([2H])c([2H])c5c34)c3ccccc23)cc1. The summed E-state index contributed by atoms with van der Waals surface area (Å²) in [6.45, 7) is 0. The van der Waals surface area contributed by atoms with Crippen molar-refractivity contribution in [1.82, 2.24) is 0 Å². The van der Waals surface area contributed by atoms with E-state index in [9.17, 15) is 1.37 Å². The van der Waals surface area contributed by atoms with Crippen LogP contribution in [0.1, 0.15) is 11.0 Å². The van der Waals surface area contributed by atoms with Crippen LogP contribution in [-0.4, -0.2) is 0 Å². The predicted molar refractivity (Wildman–Crippen MR) is 165 cm³/mol. The van der Waals surface area contributed by atoms with Gasteiger partial charge >= 0.3 is 0 Å². The third-order valence-corrected chi connectivity index (χ3v) is 7.35. The molecule has 0 unspecified atom stereocenters. The lowest BCUT2D eigenvalue weighted by atomic mass is 9.83. The van der Waals surface area contributed by atoms with Crippen molar-refractivity contribution >= 4 is 43.5 Å². The summed E-state index contributed by atoms with van der Waals surface area (Å²) >= 11 is 0. The molecule has 39 heavy (non-hydrogen) atoms. The molecule has 0 spiro atoms. The number of rotatable bonds is 3. The van der Waals surface area contributed by atoms with Crippen LogP contribution < -0.4 is 0 Å². The Labute approximate surface area is 237 Å². The summed E-state index contributed by atoms with van der Waals surface area (Å²) in [7, 11) is 0. The highest BCUT2D eigenvalue weighted by Gasteiger charge is 2.21. The van der Waals surface area contributed by atoms with E-state index in [1.165, 1.54) is 0 Å². The molecule has 0 atom stereocenters. The molecule has 7 aromatic carbocycles. The Hall–Kier alpha value is -5.14. The van der Waals surface area contributed by atoms with Crippen LogP contribution in [0.25, 0.3) is 76.9 Å². The van der Waals surface area contributed by atoms with Crippen LogP contribution >= 0.6 is 0 Å². The lowest BCUT2D eigenvalue weighted by Gasteiger charge is -2.20. The zero-order valence-corrected chi connectivity index (χ0v) is 20.6. The minimum Gasteiger partial charge on any atom is -0.456 e. The molecule has 0 aliphatic heterocycles. The predicted octanol–water partition coefficient (Wildman–Crippen LogP) is 10.9. The summed E-state index contributed by atoms with van der Waals surface area (Å²) < 4.78 is 74.8. The van der Waals surface area contributed by atoms with Crippen molar-refractivity contribution < 1.29 is 15.4 Å². The second kappa shape index (κ2) is 8.72. The van der Waals surface area contributed by atoms with Gasteiger partial charge in [0.05, 0.1) is 11.0 Å². The maximum Gasteiger partial charge on any atom is 0.136 e. The first-order valence-corrected chi connectivity index (χ1v) is 12.7. The van der Waals surface area contributed by atoms with Crippen molar-refractivity contribution in [2.24, 2.45) is 0 Å². The van der Waals surface area contributed by atoms with Crippen molar-refractivity contribution in [3.8, 4) is 33.4 Å². The highest BCUT2D eigenvalue weighted by molar-refractivity contribution is 6.26. The fraction of sp³-hybridized carbons (Fsp3) is 0. The molecule has 0 fully saturated rings. The van der Waals surface area contributed by atoms with E-state index in [1.807, 2.05) is 72.8 Å². The Morgan fingerprint density at radius 3 is 1.67 bits per heavy atom. The van der Waals surface area contributed by atoms with Gasteiger partial charge in [-0.05, 0) is 67.0 Å². The summed E-state index contributed by atoms with van der Waals surface area (Å²) in [6, 6.07) is 29.1. The van der Waals surface area contributed by atoms with E-state index in [4.69, 9.17) is 14.0 Å². The standard InChI is InChI=1S/C38H24O/c1-2-13-25(14-3-1)26-15-4-5-16-27(26)36-28-17-6-8-19-30(28)37(31-20-9-7-18-29(31)36)33-22-12-24-35-38(33)32-21-10-11-23-34(32)39-35/h1-24H/i1D,10D,11D,12D,21D,22D,23D,24D. The van der Waals surface area contributed by atoms with Crippen molar-refractivity contribution in [1.29, 1.82) is 0 Å². The minimum absolute atomic E-state index is 0.0524. The highest BCUT2D eigenvalue weighted by atomic mass is 16.3. The molecule has 182 valence electrons. The Balaban J connectivity index is 1.59. The smallest absolute Gasteiger partial charge is 0.136 e. The average Bonchev–Trinajstić information content (AvgIpc) is 3.50. The highest BCUT2D eigenvalue weighted by Crippen LogP contribution is 2.48. The topological polar surface area (TPSA) is 13.1 Å². The van der Waals surface area contributed by atoms with Gasteiger partial charge in [-0.25, -0.2) is 0 Å². The summed E-state index contributed by atoms with van der Waals surface area (Å²) in [6.07, 6.45) is 0. The first-order valence-electron chi connectivity index (χ1n) is 16.7. The number of hydrogen-bond donors (Lipinski definition) is 0. The third kappa shape index (κ3) is 3.34. The van der Waals surface area contributed by atoms with E-state index in [0.717, 1.165) is 43.8 Å². The molecule has 0 aliphatic rings. The van der Waals surface area contributed by atoms with Gasteiger partial charge in [-0.15, -0.1) is 0 Å². The number of fused-ring (bicyclic) bond motifs is 5. The molecule has 8 rings (SSSR count). The Kier molecular flexibility index (Phi) is 3.42. The molecule has 8 aromatic rings. The zero-order chi connectivity index (χ0) is 32.7. The van der Waals surface area contributed by atoms with Crippen LogP contribution in [0.4, 0.5) is 0 Å². The zero-order valence-electron chi connectivity index (χ0n) is 28.6. The summed E-state index contributed by atoms with van der Waals surface area (Å²) in [4.78, 5) is 0. The van der Waals surface area contributed by atoms with Crippen LogP contribution in [0, 0.1) is 0 Å². The van der Waals surface area contributed by atoms with Gasteiger partial charge in [0.25, 0.3) is 0 Å². The summed E-state index contributed by atoms with van der Waals surface area (Å²) in [5.74, 6) is 0. The van der Waals surface area contributed by atoms with E-state index in [1.54, 1.807) is 12.1 Å². The molecular weight excluding hydrogens is 472 g/mol. The largest absolute Gasteiger partial charge is 0.456 e. The van der Waals surface area contributed by atoms with Crippen LogP contribution in [0.3, 0.4) is 0 Å². The molecule has 0 saturated carbocycles. The third-order valence-electron chi connectivity index (χ3n) is 7.35. The molecule has 0 radical (unpaired) electrons. The second-order valence-electron chi connectivity index (χ2n) is 9.44. The lowest BCUT2D eigenvalue weighted by Crippen LogP contribution is -1.93. The molecule has 0 bridgehead atoms. The first kappa shape index (κ1) is 15.3. The Morgan fingerprint density at radius 2 is 0.974 bits per heavy atom. The fourth-order valence-corrected chi connectivity index (χ4v) is 5.75. The van der Waals surface area contributed by atoms with Gasteiger partial charge in [0.2, 0.25) is 0 Å². The quantitative estimate of drug-likeness (QED) is 0.218. The summed E-state index contributed by atoms with van der Waals surface area (Å²) in [5.41, 5.74) is 4.64. The lowest BCUT2D eigenvalue weighted by molar-refractivity contribution is 0.669. The molecule has 1 aromatic heterocycles. The van der Waals surface area contributed by atoms with Crippen LogP contribution in [0.2, 0.25) is 0 Å². The number of hydrogen-bond acceptors (Lipinski definition) is 1. The number of benzene rings is 7.